The van der Waals surface area contributed by atoms with Gasteiger partial charge in [0, 0.05) is 32.1 Å². The van der Waals surface area contributed by atoms with E-state index >= 15 is 0 Å². The van der Waals surface area contributed by atoms with E-state index in [1.165, 1.54) is 28.7 Å². The van der Waals surface area contributed by atoms with Gasteiger partial charge in [-0.15, -0.1) is 0 Å². The molecule has 9 heteroatoms. The van der Waals surface area contributed by atoms with E-state index in [0.29, 0.717) is 6.54 Å². The number of aryl methyl sites for hydroxylation is 1. The summed E-state index contributed by atoms with van der Waals surface area (Å²) in [4.78, 5) is 27.0. The zero-order valence-electron chi connectivity index (χ0n) is 21.7. The smallest absolute Gasteiger partial charge is 0.227 e. The third-order valence-electron chi connectivity index (χ3n) is 6.89. The maximum Gasteiger partial charge on any atom is 0.227 e. The summed E-state index contributed by atoms with van der Waals surface area (Å²) in [6, 6.07) is 16.0. The molecule has 4 rings (SSSR count). The first-order valence-electron chi connectivity index (χ1n) is 13.0. The fraction of sp³-hybridized carbons (Fsp3) is 0.333. The second kappa shape index (κ2) is 12.9. The van der Waals surface area contributed by atoms with Crippen molar-refractivity contribution in [1.82, 2.24) is 10.6 Å². The normalized spacial score (nSPS) is 16.8. The molecule has 3 atom stereocenters. The molecule has 0 spiro atoms. The Labute approximate surface area is 225 Å². The predicted molar refractivity (Wildman–Crippen MR) is 142 cm³/mol. The lowest BCUT2D eigenvalue weighted by Gasteiger charge is -2.26. The van der Waals surface area contributed by atoms with E-state index in [0.717, 1.165) is 30.2 Å². The number of hydrogen-bond acceptors (Lipinski definition) is 4. The van der Waals surface area contributed by atoms with Gasteiger partial charge in [0.05, 0.1) is 23.8 Å². The number of rotatable bonds is 11. The highest BCUT2D eigenvalue weighted by atomic mass is 19.1. The Bertz CT molecular complexity index is 1300. The summed E-state index contributed by atoms with van der Waals surface area (Å²) < 4.78 is 41.9. The highest BCUT2D eigenvalue weighted by Gasteiger charge is 2.37. The topological polar surface area (TPSA) is 81.7 Å². The van der Waals surface area contributed by atoms with E-state index in [9.17, 15) is 27.9 Å². The summed E-state index contributed by atoms with van der Waals surface area (Å²) >= 11 is 0. The van der Waals surface area contributed by atoms with Gasteiger partial charge < -0.3 is 20.6 Å². The van der Waals surface area contributed by atoms with Crippen molar-refractivity contribution >= 4 is 17.5 Å². The average Bonchev–Trinajstić information content (AvgIpc) is 3.29. The van der Waals surface area contributed by atoms with Crippen molar-refractivity contribution in [2.75, 3.05) is 18.0 Å². The molecular weight excluding hydrogens is 507 g/mol. The van der Waals surface area contributed by atoms with Gasteiger partial charge in [0.25, 0.3) is 0 Å². The van der Waals surface area contributed by atoms with Crippen LogP contribution in [0.25, 0.3) is 0 Å². The molecule has 0 aliphatic carbocycles. The monoisotopic (exact) mass is 539 g/mol. The zero-order valence-corrected chi connectivity index (χ0v) is 21.7. The van der Waals surface area contributed by atoms with Crippen LogP contribution in [0.15, 0.2) is 66.7 Å². The number of para-hydroxylation sites is 1. The third kappa shape index (κ3) is 7.46. The number of benzene rings is 3. The quantitative estimate of drug-likeness (QED) is 0.345. The van der Waals surface area contributed by atoms with Gasteiger partial charge in [0.1, 0.15) is 17.5 Å². The molecule has 6 nitrogen and oxygen atoms in total. The molecule has 39 heavy (non-hydrogen) atoms. The third-order valence-corrected chi connectivity index (χ3v) is 6.89. The number of aliphatic hydroxyl groups is 1. The summed E-state index contributed by atoms with van der Waals surface area (Å²) in [7, 11) is 0. The number of carbonyl (C=O) groups is 2. The molecule has 3 aromatic rings. The first-order valence-corrected chi connectivity index (χ1v) is 13.0. The molecule has 1 saturated heterocycles. The Hall–Kier alpha value is -3.69. The summed E-state index contributed by atoms with van der Waals surface area (Å²) in [6.45, 7) is 2.63. The minimum Gasteiger partial charge on any atom is -0.390 e. The molecule has 0 saturated carbocycles. The second-order valence-electron chi connectivity index (χ2n) is 9.83. The lowest BCUT2D eigenvalue weighted by Crippen LogP contribution is -2.50. The Morgan fingerprint density at radius 3 is 2.44 bits per heavy atom. The Balaban J connectivity index is 1.44. The van der Waals surface area contributed by atoms with Gasteiger partial charge in [0.2, 0.25) is 11.8 Å². The highest BCUT2D eigenvalue weighted by Crippen LogP contribution is 2.27. The summed E-state index contributed by atoms with van der Waals surface area (Å²) in [5, 5.41) is 17.0. The van der Waals surface area contributed by atoms with E-state index in [1.54, 1.807) is 6.07 Å². The maximum absolute atomic E-state index is 14.3. The van der Waals surface area contributed by atoms with E-state index in [2.05, 4.69) is 23.6 Å². The van der Waals surface area contributed by atoms with Gasteiger partial charge in [0.15, 0.2) is 0 Å². The molecule has 1 fully saturated rings. The minimum atomic E-state index is -1.10. The van der Waals surface area contributed by atoms with Crippen LogP contribution in [0, 0.1) is 23.4 Å². The van der Waals surface area contributed by atoms with Crippen molar-refractivity contribution in [3.8, 4) is 0 Å². The second-order valence-corrected chi connectivity index (χ2v) is 9.83. The Morgan fingerprint density at radius 2 is 1.72 bits per heavy atom. The van der Waals surface area contributed by atoms with E-state index < -0.39 is 41.4 Å². The molecule has 2 amide bonds. The van der Waals surface area contributed by atoms with Crippen LogP contribution in [0.4, 0.5) is 18.9 Å². The highest BCUT2D eigenvalue weighted by molar-refractivity contribution is 6.00. The van der Waals surface area contributed by atoms with Crippen molar-refractivity contribution < 1.29 is 27.9 Å². The predicted octanol–water partition coefficient (Wildman–Crippen LogP) is 3.90. The van der Waals surface area contributed by atoms with Crippen molar-refractivity contribution in [1.29, 1.82) is 0 Å². The van der Waals surface area contributed by atoms with Gasteiger partial charge in [-0.3, -0.25) is 9.59 Å². The van der Waals surface area contributed by atoms with E-state index in [1.807, 2.05) is 18.2 Å². The number of nitrogens with one attached hydrogen (secondary N) is 2. The van der Waals surface area contributed by atoms with Crippen LogP contribution < -0.4 is 15.5 Å². The molecule has 0 radical (unpaired) electrons. The van der Waals surface area contributed by atoms with Crippen molar-refractivity contribution in [2.24, 2.45) is 5.92 Å². The van der Waals surface area contributed by atoms with Gasteiger partial charge in [-0.1, -0.05) is 43.3 Å². The molecular formula is C30H32F3N3O3. The molecule has 206 valence electrons. The molecule has 0 aromatic heterocycles. The number of aliphatic hydroxyl groups excluding tert-OH is 1. The molecule has 0 bridgehead atoms. The number of nitrogens with zero attached hydrogens (tertiary/aromatic N) is 1. The largest absolute Gasteiger partial charge is 0.390 e. The molecule has 3 N–H and O–H groups in total. The molecule has 3 aromatic carbocycles. The summed E-state index contributed by atoms with van der Waals surface area (Å²) in [5.74, 6) is -3.76. The van der Waals surface area contributed by atoms with Gasteiger partial charge in [-0.2, -0.15) is 0 Å². The van der Waals surface area contributed by atoms with Gasteiger partial charge in [-0.05, 0) is 53.8 Å². The van der Waals surface area contributed by atoms with Gasteiger partial charge in [-0.25, -0.2) is 13.2 Å². The SMILES string of the molecule is CCc1cccc(CNC[C@H](O)[C@H](Cc2cc(F)cc(F)c2)NC(=O)C2CC(=O)N(c3ccccc3F)C2)c1. The van der Waals surface area contributed by atoms with E-state index in [-0.39, 0.29) is 43.1 Å². The first-order chi connectivity index (χ1) is 18.7. The van der Waals surface area contributed by atoms with Crippen LogP contribution in [0.2, 0.25) is 0 Å². The van der Waals surface area contributed by atoms with Crippen LogP contribution in [0.1, 0.15) is 30.0 Å². The Kier molecular flexibility index (Phi) is 9.37. The first kappa shape index (κ1) is 28.3. The lowest BCUT2D eigenvalue weighted by atomic mass is 9.99. The van der Waals surface area contributed by atoms with Crippen LogP contribution in [0.3, 0.4) is 0 Å². The lowest BCUT2D eigenvalue weighted by molar-refractivity contribution is -0.127. The summed E-state index contributed by atoms with van der Waals surface area (Å²) in [5.41, 5.74) is 2.58. The number of hydrogen-bond donors (Lipinski definition) is 3. The fourth-order valence-electron chi connectivity index (χ4n) is 4.82. The maximum atomic E-state index is 14.3. The van der Waals surface area contributed by atoms with Crippen LogP contribution in [0.5, 0.6) is 0 Å². The van der Waals surface area contributed by atoms with Crippen LogP contribution in [-0.4, -0.2) is 42.2 Å². The number of anilines is 1. The minimum absolute atomic E-state index is 0.0188. The number of amides is 2. The number of halogens is 3. The molecule has 1 aliphatic rings. The zero-order chi connectivity index (χ0) is 27.9. The van der Waals surface area contributed by atoms with Crippen LogP contribution >= 0.6 is 0 Å². The molecule has 1 heterocycles. The Morgan fingerprint density at radius 1 is 1.00 bits per heavy atom. The van der Waals surface area contributed by atoms with Crippen molar-refractivity contribution in [3.63, 3.8) is 0 Å². The van der Waals surface area contributed by atoms with Crippen molar-refractivity contribution in [3.05, 3.63) is 101 Å². The fourth-order valence-corrected chi connectivity index (χ4v) is 4.82. The summed E-state index contributed by atoms with van der Waals surface area (Å²) in [6.07, 6.45) is -0.364. The standard InChI is InChI=1S/C30H32F3N3O3/c1-2-19-6-5-7-20(10-19)16-34-17-28(37)26(13-21-11-23(31)15-24(32)12-21)35-30(39)22-14-29(38)36(18-22)27-9-4-3-8-25(27)33/h3-12,15,22,26,28,34,37H,2,13-14,16-18H2,1H3,(H,35,39)/t22?,26-,28-/m0/s1. The van der Waals surface area contributed by atoms with Gasteiger partial charge >= 0.3 is 0 Å². The van der Waals surface area contributed by atoms with Crippen molar-refractivity contribution in [2.45, 2.75) is 44.9 Å². The average molecular weight is 540 g/mol. The van der Waals surface area contributed by atoms with Crippen LogP contribution in [-0.2, 0) is 29.0 Å². The molecule has 1 unspecified atom stereocenters. The van der Waals surface area contributed by atoms with E-state index in [4.69, 9.17) is 0 Å². The number of carbonyl (C=O) groups excluding carboxylic acids is 2. The molecule has 1 aliphatic heterocycles.